The van der Waals surface area contributed by atoms with E-state index in [9.17, 15) is 5.11 Å². The van der Waals surface area contributed by atoms with Gasteiger partial charge < -0.3 is 5.11 Å². The number of rotatable bonds is 5. The summed E-state index contributed by atoms with van der Waals surface area (Å²) >= 11 is 6.86. The van der Waals surface area contributed by atoms with Crippen molar-refractivity contribution in [3.05, 3.63) is 20.8 Å². The van der Waals surface area contributed by atoms with Crippen molar-refractivity contribution in [2.75, 3.05) is 11.5 Å². The Labute approximate surface area is 102 Å². The molecule has 0 amide bonds. The molecule has 0 saturated heterocycles. The van der Waals surface area contributed by atoms with Crippen molar-refractivity contribution < 1.29 is 5.11 Å². The number of aliphatic hydroxyl groups excluding tert-OH is 1. The van der Waals surface area contributed by atoms with E-state index in [1.54, 1.807) is 11.3 Å². The van der Waals surface area contributed by atoms with Gasteiger partial charge in [0.15, 0.2) is 0 Å². The van der Waals surface area contributed by atoms with Crippen LogP contribution in [0.15, 0.2) is 15.2 Å². The van der Waals surface area contributed by atoms with Crippen LogP contribution in [0.2, 0.25) is 0 Å². The monoisotopic (exact) mass is 294 g/mol. The van der Waals surface area contributed by atoms with Gasteiger partial charge in [-0.05, 0) is 33.0 Å². The molecule has 1 aromatic rings. The Balaban J connectivity index is 2.36. The summed E-state index contributed by atoms with van der Waals surface area (Å²) in [5, 5.41) is 13.9. The van der Waals surface area contributed by atoms with Crippen molar-refractivity contribution in [3.8, 4) is 0 Å². The number of halogens is 1. The van der Waals surface area contributed by atoms with E-state index in [0.717, 1.165) is 21.5 Å². The van der Waals surface area contributed by atoms with Crippen molar-refractivity contribution in [1.82, 2.24) is 0 Å². The van der Waals surface area contributed by atoms with Crippen LogP contribution < -0.4 is 0 Å². The molecule has 0 bridgehead atoms. The van der Waals surface area contributed by atoms with Crippen LogP contribution >= 0.6 is 39.0 Å². The highest BCUT2D eigenvalue weighted by Crippen LogP contribution is 2.29. The summed E-state index contributed by atoms with van der Waals surface area (Å²) in [5.74, 6) is 2.59. The standard InChI is InChI=1S/C10H15BrOS2/c1-7(2)3-13-6-10(12)8-4-14-5-9(8)11/h4-5,7,10,12H,3,6H2,1-2H3. The van der Waals surface area contributed by atoms with E-state index in [0.29, 0.717) is 5.92 Å². The summed E-state index contributed by atoms with van der Waals surface area (Å²) in [6.45, 7) is 4.39. The largest absolute Gasteiger partial charge is 0.387 e. The van der Waals surface area contributed by atoms with Crippen LogP contribution in [0.3, 0.4) is 0 Å². The van der Waals surface area contributed by atoms with E-state index in [2.05, 4.69) is 29.8 Å². The second kappa shape index (κ2) is 6.16. The fraction of sp³-hybridized carbons (Fsp3) is 0.600. The van der Waals surface area contributed by atoms with E-state index in [-0.39, 0.29) is 6.10 Å². The lowest BCUT2D eigenvalue weighted by molar-refractivity contribution is 0.204. The molecule has 1 N–H and O–H groups in total. The molecule has 1 rings (SSSR count). The molecule has 4 heteroatoms. The van der Waals surface area contributed by atoms with Gasteiger partial charge in [-0.2, -0.15) is 23.1 Å². The summed E-state index contributed by atoms with van der Waals surface area (Å²) in [4.78, 5) is 0. The van der Waals surface area contributed by atoms with Gasteiger partial charge in [0, 0.05) is 21.2 Å². The third kappa shape index (κ3) is 3.93. The lowest BCUT2D eigenvalue weighted by atomic mass is 10.2. The summed E-state index contributed by atoms with van der Waals surface area (Å²) in [7, 11) is 0. The maximum Gasteiger partial charge on any atom is 0.0899 e. The number of thiophene rings is 1. The van der Waals surface area contributed by atoms with E-state index in [1.807, 2.05) is 22.5 Å². The van der Waals surface area contributed by atoms with Crippen LogP contribution in [0.5, 0.6) is 0 Å². The van der Waals surface area contributed by atoms with Crippen molar-refractivity contribution in [2.24, 2.45) is 5.92 Å². The smallest absolute Gasteiger partial charge is 0.0899 e. The Morgan fingerprint density at radius 3 is 2.64 bits per heavy atom. The highest BCUT2D eigenvalue weighted by Gasteiger charge is 2.12. The number of hydrogen-bond acceptors (Lipinski definition) is 3. The number of hydrogen-bond donors (Lipinski definition) is 1. The fourth-order valence-electron chi connectivity index (χ4n) is 1.03. The fourth-order valence-corrected chi connectivity index (χ4v) is 3.65. The van der Waals surface area contributed by atoms with Crippen LogP contribution in [0, 0.1) is 5.92 Å². The molecule has 0 spiro atoms. The number of aliphatic hydroxyl groups is 1. The molecule has 0 aliphatic carbocycles. The van der Waals surface area contributed by atoms with Crippen LogP contribution in [0.1, 0.15) is 25.5 Å². The van der Waals surface area contributed by atoms with Gasteiger partial charge in [0.25, 0.3) is 0 Å². The molecule has 0 aromatic carbocycles. The van der Waals surface area contributed by atoms with Gasteiger partial charge in [-0.1, -0.05) is 13.8 Å². The molecule has 0 radical (unpaired) electrons. The highest BCUT2D eigenvalue weighted by atomic mass is 79.9. The molecule has 0 saturated carbocycles. The van der Waals surface area contributed by atoms with Gasteiger partial charge in [-0.25, -0.2) is 0 Å². The van der Waals surface area contributed by atoms with Gasteiger partial charge in [0.05, 0.1) is 6.10 Å². The second-order valence-electron chi connectivity index (χ2n) is 3.62. The average molecular weight is 295 g/mol. The molecule has 1 nitrogen and oxygen atoms in total. The first-order chi connectivity index (χ1) is 6.61. The van der Waals surface area contributed by atoms with Crippen molar-refractivity contribution in [3.63, 3.8) is 0 Å². The molecule has 1 atom stereocenters. The first-order valence-corrected chi connectivity index (χ1v) is 7.47. The van der Waals surface area contributed by atoms with Gasteiger partial charge in [-0.3, -0.25) is 0 Å². The maximum absolute atomic E-state index is 9.86. The molecular formula is C10H15BrOS2. The summed E-state index contributed by atoms with van der Waals surface area (Å²) in [6, 6.07) is 0. The quantitative estimate of drug-likeness (QED) is 0.888. The molecular weight excluding hydrogens is 280 g/mol. The molecule has 0 aliphatic heterocycles. The Bertz CT molecular complexity index is 273. The topological polar surface area (TPSA) is 20.2 Å². The minimum absolute atomic E-state index is 0.334. The summed E-state index contributed by atoms with van der Waals surface area (Å²) < 4.78 is 1.03. The van der Waals surface area contributed by atoms with E-state index in [4.69, 9.17) is 0 Å². The van der Waals surface area contributed by atoms with Gasteiger partial charge >= 0.3 is 0 Å². The van der Waals surface area contributed by atoms with Crippen molar-refractivity contribution in [1.29, 1.82) is 0 Å². The van der Waals surface area contributed by atoms with Gasteiger partial charge in [-0.15, -0.1) is 0 Å². The number of thioether (sulfide) groups is 1. The average Bonchev–Trinajstić information content (AvgIpc) is 2.50. The third-order valence-corrected chi connectivity index (χ3v) is 4.93. The van der Waals surface area contributed by atoms with E-state index < -0.39 is 0 Å². The molecule has 14 heavy (non-hydrogen) atoms. The lowest BCUT2D eigenvalue weighted by Crippen LogP contribution is -2.02. The molecule has 1 aromatic heterocycles. The minimum atomic E-state index is -0.334. The van der Waals surface area contributed by atoms with E-state index >= 15 is 0 Å². The summed E-state index contributed by atoms with van der Waals surface area (Å²) in [5.41, 5.74) is 1.02. The lowest BCUT2D eigenvalue weighted by Gasteiger charge is -2.10. The van der Waals surface area contributed by atoms with Crippen molar-refractivity contribution in [2.45, 2.75) is 20.0 Å². The molecule has 1 heterocycles. The normalized spacial score (nSPS) is 13.5. The Morgan fingerprint density at radius 1 is 1.43 bits per heavy atom. The SMILES string of the molecule is CC(C)CSCC(O)c1cscc1Br. The van der Waals surface area contributed by atoms with Gasteiger partial charge in [0.1, 0.15) is 0 Å². The van der Waals surface area contributed by atoms with E-state index in [1.165, 1.54) is 0 Å². The zero-order valence-electron chi connectivity index (χ0n) is 8.37. The zero-order chi connectivity index (χ0) is 10.6. The third-order valence-electron chi connectivity index (χ3n) is 1.73. The molecule has 0 fully saturated rings. The van der Waals surface area contributed by atoms with Crippen LogP contribution in [-0.2, 0) is 0 Å². The molecule has 80 valence electrons. The Kier molecular flexibility index (Phi) is 5.52. The van der Waals surface area contributed by atoms with Crippen LogP contribution in [0.4, 0.5) is 0 Å². The molecule has 0 aliphatic rings. The summed E-state index contributed by atoms with van der Waals surface area (Å²) in [6.07, 6.45) is -0.334. The Morgan fingerprint density at radius 2 is 2.14 bits per heavy atom. The van der Waals surface area contributed by atoms with Gasteiger partial charge in [0.2, 0.25) is 0 Å². The highest BCUT2D eigenvalue weighted by molar-refractivity contribution is 9.10. The van der Waals surface area contributed by atoms with Crippen LogP contribution in [-0.4, -0.2) is 16.6 Å². The zero-order valence-corrected chi connectivity index (χ0v) is 11.6. The predicted molar refractivity (Wildman–Crippen MR) is 69.1 cm³/mol. The first-order valence-electron chi connectivity index (χ1n) is 4.58. The van der Waals surface area contributed by atoms with Crippen molar-refractivity contribution >= 4 is 39.0 Å². The second-order valence-corrected chi connectivity index (χ2v) is 6.29. The van der Waals surface area contributed by atoms with Crippen LogP contribution in [0.25, 0.3) is 0 Å². The first kappa shape index (κ1) is 12.6. The maximum atomic E-state index is 9.86. The minimum Gasteiger partial charge on any atom is -0.387 e. The Hall–Kier alpha value is 0.490. The predicted octanol–water partition coefficient (Wildman–Crippen LogP) is 3.93. The molecule has 1 unspecified atom stereocenters.